The van der Waals surface area contributed by atoms with E-state index in [-0.39, 0.29) is 5.91 Å². The normalized spacial score (nSPS) is 10.5. The maximum absolute atomic E-state index is 12.3. The van der Waals surface area contributed by atoms with E-state index in [2.05, 4.69) is 36.4 Å². The predicted molar refractivity (Wildman–Crippen MR) is 96.8 cm³/mol. The predicted octanol–water partition coefficient (Wildman–Crippen LogP) is 4.12. The molecule has 0 atom stereocenters. The standard InChI is InChI=1S/C20H18N4O/c1-14(2)16-6-8-18(9-7-16)24-11-10-19(23-24)22-20(25)17-5-3-4-15(12-17)13-21/h3-12,14H,1-2H3,(H,22,23,25). The molecule has 0 saturated carbocycles. The molecule has 1 heterocycles. The molecule has 124 valence electrons. The highest BCUT2D eigenvalue weighted by Gasteiger charge is 2.09. The zero-order valence-electron chi connectivity index (χ0n) is 14.1. The van der Waals surface area contributed by atoms with Crippen LogP contribution < -0.4 is 5.32 Å². The summed E-state index contributed by atoms with van der Waals surface area (Å²) in [5.41, 5.74) is 3.07. The van der Waals surface area contributed by atoms with Crippen LogP contribution >= 0.6 is 0 Å². The van der Waals surface area contributed by atoms with Gasteiger partial charge in [0.2, 0.25) is 0 Å². The zero-order chi connectivity index (χ0) is 17.8. The van der Waals surface area contributed by atoms with Crippen LogP contribution in [-0.4, -0.2) is 15.7 Å². The fourth-order valence-electron chi connectivity index (χ4n) is 2.46. The Labute approximate surface area is 146 Å². The van der Waals surface area contributed by atoms with E-state index < -0.39 is 0 Å². The molecule has 5 nitrogen and oxygen atoms in total. The lowest BCUT2D eigenvalue weighted by Crippen LogP contribution is -2.12. The summed E-state index contributed by atoms with van der Waals surface area (Å²) in [4.78, 5) is 12.3. The van der Waals surface area contributed by atoms with E-state index >= 15 is 0 Å². The van der Waals surface area contributed by atoms with Crippen LogP contribution in [0.25, 0.3) is 5.69 Å². The van der Waals surface area contributed by atoms with Crippen LogP contribution in [0.3, 0.4) is 0 Å². The van der Waals surface area contributed by atoms with Crippen molar-refractivity contribution in [3.8, 4) is 11.8 Å². The van der Waals surface area contributed by atoms with E-state index in [1.165, 1.54) is 5.56 Å². The van der Waals surface area contributed by atoms with Crippen molar-refractivity contribution < 1.29 is 4.79 Å². The van der Waals surface area contributed by atoms with Gasteiger partial charge in [-0.15, -0.1) is 0 Å². The molecule has 0 radical (unpaired) electrons. The van der Waals surface area contributed by atoms with Crippen molar-refractivity contribution in [2.75, 3.05) is 5.32 Å². The highest BCUT2D eigenvalue weighted by atomic mass is 16.1. The number of benzene rings is 2. The van der Waals surface area contributed by atoms with Gasteiger partial charge < -0.3 is 5.32 Å². The fraction of sp³-hybridized carbons (Fsp3) is 0.150. The van der Waals surface area contributed by atoms with E-state index in [0.29, 0.717) is 22.9 Å². The van der Waals surface area contributed by atoms with Crippen molar-refractivity contribution in [2.45, 2.75) is 19.8 Å². The summed E-state index contributed by atoms with van der Waals surface area (Å²) >= 11 is 0. The first-order chi connectivity index (χ1) is 12.1. The largest absolute Gasteiger partial charge is 0.305 e. The maximum Gasteiger partial charge on any atom is 0.256 e. The molecule has 0 fully saturated rings. The third-order valence-electron chi connectivity index (χ3n) is 3.91. The van der Waals surface area contributed by atoms with Gasteiger partial charge in [0.15, 0.2) is 5.82 Å². The first kappa shape index (κ1) is 16.5. The molecule has 2 aromatic carbocycles. The molecule has 25 heavy (non-hydrogen) atoms. The second-order valence-corrected chi connectivity index (χ2v) is 6.04. The molecule has 0 aliphatic rings. The summed E-state index contributed by atoms with van der Waals surface area (Å²) in [7, 11) is 0. The smallest absolute Gasteiger partial charge is 0.256 e. The first-order valence-electron chi connectivity index (χ1n) is 8.04. The molecular weight excluding hydrogens is 312 g/mol. The molecule has 1 amide bonds. The Morgan fingerprint density at radius 1 is 1.16 bits per heavy atom. The minimum atomic E-state index is -0.294. The van der Waals surface area contributed by atoms with Crippen molar-refractivity contribution in [3.05, 3.63) is 77.5 Å². The van der Waals surface area contributed by atoms with Gasteiger partial charge in [0.05, 0.1) is 17.3 Å². The molecule has 1 aromatic heterocycles. The number of carbonyl (C=O) groups excluding carboxylic acids is 1. The second kappa shape index (κ2) is 7.02. The van der Waals surface area contributed by atoms with E-state index in [4.69, 9.17) is 5.26 Å². The van der Waals surface area contributed by atoms with Gasteiger partial charge in [-0.2, -0.15) is 10.4 Å². The van der Waals surface area contributed by atoms with E-state index in [0.717, 1.165) is 5.69 Å². The molecule has 1 N–H and O–H groups in total. The molecule has 5 heteroatoms. The second-order valence-electron chi connectivity index (χ2n) is 6.04. The van der Waals surface area contributed by atoms with Crippen LogP contribution in [0.15, 0.2) is 60.8 Å². The summed E-state index contributed by atoms with van der Waals surface area (Å²) in [6.45, 7) is 4.30. The SMILES string of the molecule is CC(C)c1ccc(-n2ccc(NC(=O)c3cccc(C#N)c3)n2)cc1. The number of nitriles is 1. The molecule has 0 unspecified atom stereocenters. The van der Waals surface area contributed by atoms with Crippen LogP contribution in [0.4, 0.5) is 5.82 Å². The number of hydrogen-bond donors (Lipinski definition) is 1. The Kier molecular flexibility index (Phi) is 4.62. The summed E-state index contributed by atoms with van der Waals surface area (Å²) in [6, 6.07) is 18.5. The van der Waals surface area contributed by atoms with Gasteiger partial charge in [0.25, 0.3) is 5.91 Å². The number of hydrogen-bond acceptors (Lipinski definition) is 3. The number of nitrogens with one attached hydrogen (secondary N) is 1. The van der Waals surface area contributed by atoms with Crippen molar-refractivity contribution in [1.29, 1.82) is 5.26 Å². The van der Waals surface area contributed by atoms with Gasteiger partial charge in [0.1, 0.15) is 0 Å². The molecule has 0 bridgehead atoms. The van der Waals surface area contributed by atoms with Crippen LogP contribution in [0.1, 0.15) is 41.3 Å². The Hall–Kier alpha value is -3.39. The lowest BCUT2D eigenvalue weighted by molar-refractivity contribution is 0.102. The lowest BCUT2D eigenvalue weighted by atomic mass is 10.0. The Balaban J connectivity index is 1.75. The van der Waals surface area contributed by atoms with Crippen LogP contribution in [0.2, 0.25) is 0 Å². The molecule has 0 spiro atoms. The van der Waals surface area contributed by atoms with Crippen molar-refractivity contribution in [1.82, 2.24) is 9.78 Å². The van der Waals surface area contributed by atoms with Gasteiger partial charge in [-0.1, -0.05) is 32.0 Å². The number of anilines is 1. The summed E-state index contributed by atoms with van der Waals surface area (Å²) in [6.07, 6.45) is 1.80. The van der Waals surface area contributed by atoms with Crippen LogP contribution in [-0.2, 0) is 0 Å². The summed E-state index contributed by atoms with van der Waals surface area (Å²) in [5.74, 6) is 0.642. The summed E-state index contributed by atoms with van der Waals surface area (Å²) in [5, 5.41) is 16.1. The molecule has 0 saturated heterocycles. The van der Waals surface area contributed by atoms with Crippen LogP contribution in [0.5, 0.6) is 0 Å². The van der Waals surface area contributed by atoms with Crippen molar-refractivity contribution in [2.24, 2.45) is 0 Å². The quantitative estimate of drug-likeness (QED) is 0.782. The van der Waals surface area contributed by atoms with Gasteiger partial charge in [0, 0.05) is 17.8 Å². The Bertz CT molecular complexity index is 933. The molecule has 3 rings (SSSR count). The summed E-state index contributed by atoms with van der Waals surface area (Å²) < 4.78 is 1.71. The van der Waals surface area contributed by atoms with Gasteiger partial charge in [-0.3, -0.25) is 4.79 Å². The third-order valence-corrected chi connectivity index (χ3v) is 3.91. The lowest BCUT2D eigenvalue weighted by Gasteiger charge is -2.07. The molecular formula is C20H18N4O. The average Bonchev–Trinajstić information content (AvgIpc) is 3.10. The van der Waals surface area contributed by atoms with Gasteiger partial charge in [-0.25, -0.2) is 4.68 Å². The van der Waals surface area contributed by atoms with Gasteiger partial charge in [-0.05, 0) is 41.8 Å². The Morgan fingerprint density at radius 3 is 2.60 bits per heavy atom. The minimum absolute atomic E-state index is 0.294. The van der Waals surface area contributed by atoms with Crippen molar-refractivity contribution in [3.63, 3.8) is 0 Å². The highest BCUT2D eigenvalue weighted by molar-refractivity contribution is 6.03. The van der Waals surface area contributed by atoms with Crippen molar-refractivity contribution >= 4 is 11.7 Å². The first-order valence-corrected chi connectivity index (χ1v) is 8.04. The van der Waals surface area contributed by atoms with E-state index in [1.807, 2.05) is 18.2 Å². The molecule has 0 aliphatic carbocycles. The minimum Gasteiger partial charge on any atom is -0.305 e. The third kappa shape index (κ3) is 3.75. The molecule has 0 aliphatic heterocycles. The maximum atomic E-state index is 12.3. The Morgan fingerprint density at radius 2 is 1.92 bits per heavy atom. The fourth-order valence-corrected chi connectivity index (χ4v) is 2.46. The zero-order valence-corrected chi connectivity index (χ0v) is 14.1. The molecule has 3 aromatic rings. The topological polar surface area (TPSA) is 70.7 Å². The average molecular weight is 330 g/mol. The van der Waals surface area contributed by atoms with E-state index in [9.17, 15) is 4.79 Å². The number of aromatic nitrogens is 2. The van der Waals surface area contributed by atoms with Crippen LogP contribution in [0, 0.1) is 11.3 Å². The number of amides is 1. The van der Waals surface area contributed by atoms with Gasteiger partial charge >= 0.3 is 0 Å². The van der Waals surface area contributed by atoms with E-state index in [1.54, 1.807) is 41.2 Å². The number of carbonyl (C=O) groups is 1. The monoisotopic (exact) mass is 330 g/mol. The highest BCUT2D eigenvalue weighted by Crippen LogP contribution is 2.17. The number of rotatable bonds is 4. The number of nitrogens with zero attached hydrogens (tertiary/aromatic N) is 3.